The van der Waals surface area contributed by atoms with Crippen LogP contribution in [-0.2, 0) is 4.79 Å². The zero-order chi connectivity index (χ0) is 22.8. The van der Waals surface area contributed by atoms with Crippen molar-refractivity contribution in [2.45, 2.75) is 37.8 Å². The predicted octanol–water partition coefficient (Wildman–Crippen LogP) is 2.31. The fourth-order valence-electron chi connectivity index (χ4n) is 4.83. The maximum Gasteiger partial charge on any atom is 0.236 e. The molecule has 2 N–H and O–H groups in total. The summed E-state index contributed by atoms with van der Waals surface area (Å²) in [7, 11) is 0. The number of carbonyl (C=O) groups excluding carboxylic acids is 1. The minimum Gasteiger partial charge on any atom is -0.393 e. The van der Waals surface area contributed by atoms with E-state index in [4.69, 9.17) is 10.2 Å². The Kier molecular flexibility index (Phi) is 5.84. The van der Waals surface area contributed by atoms with Gasteiger partial charge in [0.1, 0.15) is 12.2 Å². The molecule has 1 aliphatic heterocycles. The average Bonchev–Trinajstić information content (AvgIpc) is 3.45. The van der Waals surface area contributed by atoms with Crippen LogP contribution in [0, 0.1) is 11.3 Å². The maximum atomic E-state index is 12.0. The van der Waals surface area contributed by atoms with Crippen LogP contribution in [0.3, 0.4) is 0 Å². The van der Waals surface area contributed by atoms with Gasteiger partial charge in [-0.2, -0.15) is 10.2 Å². The van der Waals surface area contributed by atoms with Crippen molar-refractivity contribution in [1.82, 2.24) is 19.4 Å². The molecule has 1 amide bonds. The van der Waals surface area contributed by atoms with Gasteiger partial charge in [0.25, 0.3) is 0 Å². The molecule has 170 valence electrons. The Hall–Kier alpha value is -3.64. The van der Waals surface area contributed by atoms with E-state index in [1.807, 2.05) is 24.4 Å². The molecule has 0 spiro atoms. The van der Waals surface area contributed by atoms with Gasteiger partial charge in [0.05, 0.1) is 17.7 Å². The lowest BCUT2D eigenvalue weighted by Crippen LogP contribution is -2.48. The number of nitrogens with zero attached hydrogens (tertiary/aromatic N) is 6. The molecule has 33 heavy (non-hydrogen) atoms. The Morgan fingerprint density at radius 3 is 2.79 bits per heavy atom. The molecule has 2 aromatic heterocycles. The summed E-state index contributed by atoms with van der Waals surface area (Å²) >= 11 is 0. The van der Waals surface area contributed by atoms with Crippen LogP contribution >= 0.6 is 0 Å². The molecule has 0 radical (unpaired) electrons. The largest absolute Gasteiger partial charge is 0.393 e. The van der Waals surface area contributed by atoms with E-state index >= 15 is 0 Å². The van der Waals surface area contributed by atoms with Crippen molar-refractivity contribution in [1.29, 1.82) is 5.26 Å². The first-order chi connectivity index (χ1) is 16.1. The second kappa shape index (κ2) is 9.08. The number of nitrogens with one attached hydrogen (secondary N) is 1. The minimum absolute atomic E-state index is 0.0600. The normalized spacial score (nSPS) is 20.7. The van der Waals surface area contributed by atoms with E-state index in [1.54, 1.807) is 11.1 Å². The number of benzene rings is 1. The SMILES string of the molecule is N#CCC(=O)N1CCN(c2cccc3c2ccn3-c2ccnc(N[C@@H]3CC[C@@H](O)C3)n2)CC1. The minimum atomic E-state index is -0.246. The van der Waals surface area contributed by atoms with Gasteiger partial charge in [-0.3, -0.25) is 4.79 Å². The monoisotopic (exact) mass is 445 g/mol. The highest BCUT2D eigenvalue weighted by molar-refractivity contribution is 5.94. The third-order valence-corrected chi connectivity index (χ3v) is 6.54. The summed E-state index contributed by atoms with van der Waals surface area (Å²) in [5.74, 6) is 1.26. The van der Waals surface area contributed by atoms with Crippen LogP contribution in [0.15, 0.2) is 42.7 Å². The van der Waals surface area contributed by atoms with Gasteiger partial charge in [-0.05, 0) is 43.5 Å². The van der Waals surface area contributed by atoms with Gasteiger partial charge in [0, 0.05) is 55.7 Å². The third kappa shape index (κ3) is 4.34. The molecular formula is C24H27N7O2. The predicted molar refractivity (Wildman–Crippen MR) is 125 cm³/mol. The molecule has 9 heteroatoms. The van der Waals surface area contributed by atoms with Crippen LogP contribution < -0.4 is 10.2 Å². The lowest BCUT2D eigenvalue weighted by Gasteiger charge is -2.36. The van der Waals surface area contributed by atoms with E-state index in [0.717, 1.165) is 54.8 Å². The number of piperazine rings is 1. The molecule has 1 saturated carbocycles. The van der Waals surface area contributed by atoms with Gasteiger partial charge >= 0.3 is 0 Å². The van der Waals surface area contributed by atoms with E-state index in [-0.39, 0.29) is 24.5 Å². The highest BCUT2D eigenvalue weighted by atomic mass is 16.3. The number of nitriles is 1. The van der Waals surface area contributed by atoms with Gasteiger partial charge in [-0.1, -0.05) is 6.07 Å². The van der Waals surface area contributed by atoms with Crippen molar-refractivity contribution in [2.75, 3.05) is 36.4 Å². The standard InChI is InChI=1S/C24H27N7O2/c25-9-6-23(33)30-14-12-29(13-15-30)20-2-1-3-21-19(20)8-11-31(21)22-7-10-26-24(28-22)27-17-4-5-18(32)16-17/h1-3,7-8,10-11,17-18,32H,4-6,12-16H2,(H,26,27,28)/t17-,18-/m1/s1. The maximum absolute atomic E-state index is 12.0. The molecule has 0 bridgehead atoms. The molecule has 2 fully saturated rings. The number of hydrogen-bond acceptors (Lipinski definition) is 7. The number of carbonyl (C=O) groups is 1. The zero-order valence-corrected chi connectivity index (χ0v) is 18.4. The lowest BCUT2D eigenvalue weighted by atomic mass is 10.1. The van der Waals surface area contributed by atoms with Crippen LogP contribution in [0.2, 0.25) is 0 Å². The highest BCUT2D eigenvalue weighted by Crippen LogP contribution is 2.30. The molecule has 1 aliphatic carbocycles. The Morgan fingerprint density at radius 1 is 1.18 bits per heavy atom. The second-order valence-electron chi connectivity index (χ2n) is 8.64. The van der Waals surface area contributed by atoms with E-state index in [2.05, 4.69) is 38.0 Å². The number of fused-ring (bicyclic) bond motifs is 1. The molecular weight excluding hydrogens is 418 g/mol. The molecule has 5 rings (SSSR count). The van der Waals surface area contributed by atoms with E-state index in [0.29, 0.717) is 19.0 Å². The number of amides is 1. The van der Waals surface area contributed by atoms with Crippen LogP contribution in [0.25, 0.3) is 16.7 Å². The quantitative estimate of drug-likeness (QED) is 0.620. The fraction of sp³-hybridized carbons (Fsp3) is 0.417. The van der Waals surface area contributed by atoms with E-state index < -0.39 is 0 Å². The van der Waals surface area contributed by atoms with Gasteiger partial charge < -0.3 is 24.8 Å². The molecule has 2 aliphatic rings. The summed E-state index contributed by atoms with van der Waals surface area (Å²) in [4.78, 5) is 25.2. The highest BCUT2D eigenvalue weighted by Gasteiger charge is 2.24. The Balaban J connectivity index is 1.36. The molecule has 3 heterocycles. The molecule has 1 aromatic carbocycles. The number of hydrogen-bond donors (Lipinski definition) is 2. The van der Waals surface area contributed by atoms with Crippen LogP contribution in [0.1, 0.15) is 25.7 Å². The van der Waals surface area contributed by atoms with Gasteiger partial charge in [-0.15, -0.1) is 0 Å². The van der Waals surface area contributed by atoms with Crippen molar-refractivity contribution in [3.05, 3.63) is 42.7 Å². The second-order valence-corrected chi connectivity index (χ2v) is 8.64. The first kappa shape index (κ1) is 21.2. The Bertz CT molecular complexity index is 1190. The van der Waals surface area contributed by atoms with Crippen molar-refractivity contribution in [2.24, 2.45) is 0 Å². The van der Waals surface area contributed by atoms with Crippen molar-refractivity contribution < 1.29 is 9.90 Å². The zero-order valence-electron chi connectivity index (χ0n) is 18.4. The van der Waals surface area contributed by atoms with Crippen LogP contribution in [-0.4, -0.2) is 68.8 Å². The number of anilines is 2. The van der Waals surface area contributed by atoms with E-state index in [9.17, 15) is 9.90 Å². The van der Waals surface area contributed by atoms with Gasteiger partial charge in [0.15, 0.2) is 0 Å². The van der Waals surface area contributed by atoms with E-state index in [1.165, 1.54) is 0 Å². The summed E-state index contributed by atoms with van der Waals surface area (Å²) in [5, 5.41) is 23.0. The van der Waals surface area contributed by atoms with Crippen molar-refractivity contribution in [3.63, 3.8) is 0 Å². The lowest BCUT2D eigenvalue weighted by molar-refractivity contribution is -0.130. The summed E-state index contributed by atoms with van der Waals surface area (Å²) in [6, 6.07) is 12.4. The van der Waals surface area contributed by atoms with Crippen LogP contribution in [0.5, 0.6) is 0 Å². The van der Waals surface area contributed by atoms with Crippen molar-refractivity contribution in [3.8, 4) is 11.9 Å². The van der Waals surface area contributed by atoms with Crippen molar-refractivity contribution >= 4 is 28.4 Å². The number of rotatable bonds is 5. The van der Waals surface area contributed by atoms with Crippen LogP contribution in [0.4, 0.5) is 11.6 Å². The first-order valence-electron chi connectivity index (χ1n) is 11.4. The smallest absolute Gasteiger partial charge is 0.236 e. The summed E-state index contributed by atoms with van der Waals surface area (Å²) in [5.41, 5.74) is 2.18. The topological polar surface area (TPSA) is 110 Å². The third-order valence-electron chi connectivity index (χ3n) is 6.54. The van der Waals surface area contributed by atoms with Gasteiger partial charge in [0.2, 0.25) is 11.9 Å². The molecule has 9 nitrogen and oxygen atoms in total. The number of aliphatic hydroxyl groups is 1. The molecule has 0 unspecified atom stereocenters. The summed E-state index contributed by atoms with van der Waals surface area (Å²) in [6.07, 6.45) is 5.91. The first-order valence-corrected chi connectivity index (χ1v) is 11.4. The molecule has 1 saturated heterocycles. The number of aliphatic hydroxyl groups excluding tert-OH is 1. The Morgan fingerprint density at radius 2 is 2.03 bits per heavy atom. The molecule has 3 aromatic rings. The molecule has 2 atom stereocenters. The fourth-order valence-corrected chi connectivity index (χ4v) is 4.83. The number of aromatic nitrogens is 3. The summed E-state index contributed by atoms with van der Waals surface area (Å²) < 4.78 is 2.06. The summed E-state index contributed by atoms with van der Waals surface area (Å²) in [6.45, 7) is 2.70. The Labute approximate surface area is 192 Å². The average molecular weight is 446 g/mol. The van der Waals surface area contributed by atoms with Gasteiger partial charge in [-0.25, -0.2) is 4.98 Å².